The average molecular weight is 316 g/mol. The van der Waals surface area contributed by atoms with Gasteiger partial charge in [-0.25, -0.2) is 0 Å². The smallest absolute Gasteiger partial charge is 0.186 e. The zero-order chi connectivity index (χ0) is 11.1. The van der Waals surface area contributed by atoms with Gasteiger partial charge in [-0.2, -0.15) is 9.61 Å². The van der Waals surface area contributed by atoms with E-state index in [9.17, 15) is 0 Å². The van der Waals surface area contributed by atoms with Crippen molar-refractivity contribution in [3.05, 3.63) is 32.5 Å². The Hall–Kier alpha value is -0.980. The molecule has 0 bridgehead atoms. The summed E-state index contributed by atoms with van der Waals surface area (Å²) in [6.07, 6.45) is 0. The third kappa shape index (κ3) is 1.63. The molecule has 0 unspecified atom stereocenters. The van der Waals surface area contributed by atoms with Gasteiger partial charge in [0.1, 0.15) is 5.15 Å². The van der Waals surface area contributed by atoms with E-state index in [-0.39, 0.29) is 0 Å². The van der Waals surface area contributed by atoms with Gasteiger partial charge in [-0.05, 0) is 34.1 Å². The fraction of sp³-hybridized carbons (Fsp3) is 0. The predicted molar refractivity (Wildman–Crippen MR) is 66.8 cm³/mol. The molecule has 16 heavy (non-hydrogen) atoms. The van der Waals surface area contributed by atoms with Crippen molar-refractivity contribution in [2.24, 2.45) is 0 Å². The van der Waals surface area contributed by atoms with Crippen LogP contribution in [0.25, 0.3) is 17.0 Å². The van der Waals surface area contributed by atoms with Crippen LogP contribution in [-0.4, -0.2) is 19.8 Å². The third-order valence-electron chi connectivity index (χ3n) is 2.06. The van der Waals surface area contributed by atoms with Crippen molar-refractivity contribution in [1.29, 1.82) is 0 Å². The molecule has 0 fully saturated rings. The molecular weight excluding hydrogens is 312 g/mol. The summed E-state index contributed by atoms with van der Waals surface area (Å²) in [5.41, 5.74) is 1.65. The van der Waals surface area contributed by atoms with Crippen LogP contribution in [0.5, 0.6) is 0 Å². The highest BCUT2D eigenvalue weighted by Crippen LogP contribution is 2.27. The van der Waals surface area contributed by atoms with Crippen LogP contribution in [0.4, 0.5) is 0 Å². The van der Waals surface area contributed by atoms with Crippen LogP contribution in [0, 0.1) is 0 Å². The molecule has 0 radical (unpaired) electrons. The lowest BCUT2D eigenvalue weighted by Gasteiger charge is -1.95. The summed E-state index contributed by atoms with van der Waals surface area (Å²) in [5.74, 6) is 0.694. The van der Waals surface area contributed by atoms with E-state index in [4.69, 9.17) is 11.6 Å². The first-order valence-corrected chi connectivity index (χ1v) is 6.41. The topological polar surface area (TPSA) is 43.1 Å². The van der Waals surface area contributed by atoms with Crippen molar-refractivity contribution in [2.75, 3.05) is 0 Å². The highest BCUT2D eigenvalue weighted by Gasteiger charge is 2.10. The summed E-state index contributed by atoms with van der Waals surface area (Å²) in [7, 11) is 0. The van der Waals surface area contributed by atoms with E-state index in [0.717, 1.165) is 9.35 Å². The number of hydrogen-bond donors (Lipinski definition) is 0. The molecule has 3 aromatic heterocycles. The maximum absolute atomic E-state index is 5.85. The minimum Gasteiger partial charge on any atom is -0.191 e. The first kappa shape index (κ1) is 10.2. The minimum atomic E-state index is 0.419. The second-order valence-electron chi connectivity index (χ2n) is 3.09. The van der Waals surface area contributed by atoms with E-state index >= 15 is 0 Å². The molecule has 0 aliphatic rings. The van der Waals surface area contributed by atoms with Gasteiger partial charge in [0.2, 0.25) is 0 Å². The molecule has 4 nitrogen and oxygen atoms in total. The van der Waals surface area contributed by atoms with Crippen molar-refractivity contribution < 1.29 is 0 Å². The maximum Gasteiger partial charge on any atom is 0.186 e. The average Bonchev–Trinajstić information content (AvgIpc) is 2.83. The largest absolute Gasteiger partial charge is 0.191 e. The maximum atomic E-state index is 5.85. The normalized spacial score (nSPS) is 11.1. The zero-order valence-electron chi connectivity index (χ0n) is 7.76. The van der Waals surface area contributed by atoms with Gasteiger partial charge in [-0.15, -0.1) is 21.5 Å². The van der Waals surface area contributed by atoms with E-state index in [0.29, 0.717) is 16.6 Å². The van der Waals surface area contributed by atoms with Crippen molar-refractivity contribution in [2.45, 2.75) is 0 Å². The van der Waals surface area contributed by atoms with Crippen LogP contribution in [-0.2, 0) is 0 Å². The molecule has 0 aliphatic heterocycles. The van der Waals surface area contributed by atoms with E-state index in [2.05, 4.69) is 31.2 Å². The molecule has 0 amide bonds. The lowest BCUT2D eigenvalue weighted by atomic mass is 10.3. The summed E-state index contributed by atoms with van der Waals surface area (Å²) >= 11 is 10.8. The molecule has 0 spiro atoms. The summed E-state index contributed by atoms with van der Waals surface area (Å²) in [6, 6.07) is 5.45. The first-order chi connectivity index (χ1) is 7.74. The second kappa shape index (κ2) is 3.80. The van der Waals surface area contributed by atoms with Crippen molar-refractivity contribution in [1.82, 2.24) is 19.8 Å². The third-order valence-corrected chi connectivity index (χ3v) is 3.76. The molecule has 0 N–H and O–H groups in total. The summed E-state index contributed by atoms with van der Waals surface area (Å²) < 4.78 is 2.68. The number of aromatic nitrogens is 4. The molecule has 0 aromatic carbocycles. The highest BCUT2D eigenvalue weighted by atomic mass is 79.9. The molecule has 3 rings (SSSR count). The van der Waals surface area contributed by atoms with Gasteiger partial charge in [-0.1, -0.05) is 11.6 Å². The van der Waals surface area contributed by atoms with E-state index in [1.54, 1.807) is 28.0 Å². The zero-order valence-corrected chi connectivity index (χ0v) is 10.9. The second-order valence-corrected chi connectivity index (χ2v) is 5.77. The van der Waals surface area contributed by atoms with Gasteiger partial charge < -0.3 is 0 Å². The fourth-order valence-corrected chi connectivity index (χ4v) is 2.65. The SMILES string of the molecule is Clc1ccc2nnc(-c3csc(Br)c3)n2n1. The summed E-state index contributed by atoms with van der Waals surface area (Å²) in [5, 5.41) is 14.7. The van der Waals surface area contributed by atoms with E-state index in [1.807, 2.05) is 11.4 Å². The van der Waals surface area contributed by atoms with Crippen LogP contribution in [0.3, 0.4) is 0 Å². The summed E-state index contributed by atoms with van der Waals surface area (Å²) in [6.45, 7) is 0. The molecule has 3 aromatic rings. The highest BCUT2D eigenvalue weighted by molar-refractivity contribution is 9.11. The van der Waals surface area contributed by atoms with Gasteiger partial charge in [0.15, 0.2) is 11.5 Å². The van der Waals surface area contributed by atoms with Crippen molar-refractivity contribution in [3.8, 4) is 11.4 Å². The molecular formula is C9H4BrClN4S. The summed E-state index contributed by atoms with van der Waals surface area (Å²) in [4.78, 5) is 0. The van der Waals surface area contributed by atoms with Crippen LogP contribution in [0.1, 0.15) is 0 Å². The van der Waals surface area contributed by atoms with Gasteiger partial charge in [0.05, 0.1) is 3.79 Å². The van der Waals surface area contributed by atoms with Gasteiger partial charge >= 0.3 is 0 Å². The number of rotatable bonds is 1. The Balaban J connectivity index is 2.27. The predicted octanol–water partition coefficient (Wildman–Crippen LogP) is 3.27. The van der Waals surface area contributed by atoms with E-state index < -0.39 is 0 Å². The van der Waals surface area contributed by atoms with Crippen LogP contribution < -0.4 is 0 Å². The van der Waals surface area contributed by atoms with Gasteiger partial charge in [-0.3, -0.25) is 0 Å². The Morgan fingerprint density at radius 3 is 2.94 bits per heavy atom. The quantitative estimate of drug-likeness (QED) is 0.692. The monoisotopic (exact) mass is 314 g/mol. The number of hydrogen-bond acceptors (Lipinski definition) is 4. The Kier molecular flexibility index (Phi) is 2.42. The molecule has 80 valence electrons. The Morgan fingerprint density at radius 1 is 1.31 bits per heavy atom. The van der Waals surface area contributed by atoms with Crippen molar-refractivity contribution in [3.63, 3.8) is 0 Å². The molecule has 0 atom stereocenters. The lowest BCUT2D eigenvalue weighted by Crippen LogP contribution is -1.93. The Bertz CT molecular complexity index is 662. The Labute approximate surface area is 108 Å². The Morgan fingerprint density at radius 2 is 2.19 bits per heavy atom. The molecule has 3 heterocycles. The van der Waals surface area contributed by atoms with Crippen LogP contribution >= 0.6 is 38.9 Å². The number of fused-ring (bicyclic) bond motifs is 1. The van der Waals surface area contributed by atoms with Crippen molar-refractivity contribution >= 4 is 44.5 Å². The molecule has 7 heteroatoms. The standard InChI is InChI=1S/C9H4BrClN4S/c10-6-3-5(4-16-6)9-13-12-8-2-1-7(11)14-15(8)9/h1-4H. The van der Waals surface area contributed by atoms with Crippen LogP contribution in [0.15, 0.2) is 27.4 Å². The number of nitrogens with zero attached hydrogens (tertiary/aromatic N) is 4. The van der Waals surface area contributed by atoms with Crippen LogP contribution in [0.2, 0.25) is 5.15 Å². The molecule has 0 saturated heterocycles. The minimum absolute atomic E-state index is 0.419. The number of halogens is 2. The fourth-order valence-electron chi connectivity index (χ4n) is 1.37. The van der Waals surface area contributed by atoms with Gasteiger partial charge in [0, 0.05) is 10.9 Å². The number of thiophene rings is 1. The van der Waals surface area contributed by atoms with Gasteiger partial charge in [0.25, 0.3) is 0 Å². The van der Waals surface area contributed by atoms with E-state index in [1.165, 1.54) is 0 Å². The lowest BCUT2D eigenvalue weighted by molar-refractivity contribution is 0.937. The molecule has 0 aliphatic carbocycles. The first-order valence-electron chi connectivity index (χ1n) is 4.36. The molecule has 0 saturated carbocycles.